The molecule has 0 N–H and O–H groups in total. The van der Waals surface area contributed by atoms with E-state index in [4.69, 9.17) is 6.57 Å². The zero-order valence-electron chi connectivity index (χ0n) is 28.9. The second kappa shape index (κ2) is 12.6. The van der Waals surface area contributed by atoms with Crippen LogP contribution in [0.2, 0.25) is 0 Å². The molecule has 10 rings (SSSR count). The van der Waals surface area contributed by atoms with Crippen LogP contribution in [0.3, 0.4) is 0 Å². The standard InChI is InChI=1S/C49H33GeN3/c1-51-39-22-14-20-37(32-39)50(35-16-4-2-5-17-35,36-18-6-3-7-19-36)38-21-15-23-40(33-38)52-48-29-13-10-26-44(48)45-34-41(30-31-49(45)52)53-46-27-11-8-24-42(46)43-25-9-12-28-47(43)53/h2-34H. The molecule has 0 unspecified atom stereocenters. The zero-order chi connectivity index (χ0) is 35.4. The summed E-state index contributed by atoms with van der Waals surface area (Å²) in [5.41, 5.74) is 7.69. The van der Waals surface area contributed by atoms with Crippen LogP contribution in [0, 0.1) is 6.57 Å². The molecule has 248 valence electrons. The number of para-hydroxylation sites is 3. The number of aromatic nitrogens is 2. The summed E-state index contributed by atoms with van der Waals surface area (Å²) in [6.07, 6.45) is 0. The third-order valence-electron chi connectivity index (χ3n) is 10.9. The molecule has 0 saturated heterocycles. The summed E-state index contributed by atoms with van der Waals surface area (Å²) in [7, 11) is 0. The van der Waals surface area contributed by atoms with E-state index < -0.39 is 13.3 Å². The van der Waals surface area contributed by atoms with Crippen LogP contribution in [-0.2, 0) is 0 Å². The summed E-state index contributed by atoms with van der Waals surface area (Å²) < 4.78 is 10.0. The fourth-order valence-electron chi connectivity index (χ4n) is 8.64. The molecule has 0 aliphatic carbocycles. The van der Waals surface area contributed by atoms with Gasteiger partial charge in [-0.3, -0.25) is 0 Å². The topological polar surface area (TPSA) is 14.2 Å². The van der Waals surface area contributed by atoms with Gasteiger partial charge in [0.05, 0.1) is 0 Å². The monoisotopic (exact) mass is 737 g/mol. The van der Waals surface area contributed by atoms with E-state index in [2.05, 4.69) is 208 Å². The normalized spacial score (nSPS) is 11.8. The van der Waals surface area contributed by atoms with E-state index in [-0.39, 0.29) is 0 Å². The number of rotatable bonds is 6. The Balaban J connectivity index is 1.24. The Labute approximate surface area is 310 Å². The van der Waals surface area contributed by atoms with E-state index in [9.17, 15) is 0 Å². The van der Waals surface area contributed by atoms with Crippen molar-refractivity contribution >= 4 is 80.1 Å². The number of nitrogens with zero attached hydrogens (tertiary/aromatic N) is 3. The predicted molar refractivity (Wildman–Crippen MR) is 225 cm³/mol. The van der Waals surface area contributed by atoms with Gasteiger partial charge >= 0.3 is 300 Å². The number of hydrogen-bond donors (Lipinski definition) is 0. The van der Waals surface area contributed by atoms with Crippen LogP contribution in [0.25, 0.3) is 59.8 Å². The Morgan fingerprint density at radius 2 is 0.774 bits per heavy atom. The third-order valence-corrected chi connectivity index (χ3v) is 20.8. The van der Waals surface area contributed by atoms with Gasteiger partial charge in [0.15, 0.2) is 0 Å². The van der Waals surface area contributed by atoms with Gasteiger partial charge in [-0.15, -0.1) is 0 Å². The first-order valence-corrected chi connectivity index (χ1v) is 22.2. The molecule has 2 heterocycles. The fraction of sp³-hybridized carbons (Fsp3) is 0. The predicted octanol–water partition coefficient (Wildman–Crippen LogP) is 9.81. The summed E-state index contributed by atoms with van der Waals surface area (Å²) in [4.78, 5) is 3.89. The van der Waals surface area contributed by atoms with Gasteiger partial charge in [0.25, 0.3) is 0 Å². The van der Waals surface area contributed by atoms with Gasteiger partial charge in [0.2, 0.25) is 0 Å². The van der Waals surface area contributed by atoms with Crippen molar-refractivity contribution in [3.63, 3.8) is 0 Å². The van der Waals surface area contributed by atoms with Gasteiger partial charge in [-0.25, -0.2) is 0 Å². The maximum absolute atomic E-state index is 7.92. The van der Waals surface area contributed by atoms with Crippen LogP contribution in [0.15, 0.2) is 200 Å². The average Bonchev–Trinajstić information content (AvgIpc) is 3.75. The fourth-order valence-corrected chi connectivity index (χ4v) is 18.7. The molecule has 2 aromatic heterocycles. The van der Waals surface area contributed by atoms with Crippen molar-refractivity contribution in [3.8, 4) is 11.4 Å². The van der Waals surface area contributed by atoms with Gasteiger partial charge in [-0.05, 0) is 0 Å². The second-order valence-electron chi connectivity index (χ2n) is 13.6. The van der Waals surface area contributed by atoms with Gasteiger partial charge in [0.1, 0.15) is 0 Å². The van der Waals surface area contributed by atoms with Crippen LogP contribution in [0.4, 0.5) is 5.69 Å². The third kappa shape index (κ3) is 4.80. The van der Waals surface area contributed by atoms with E-state index in [0.717, 1.165) is 11.4 Å². The molecule has 3 nitrogen and oxygen atoms in total. The second-order valence-corrected chi connectivity index (χ2v) is 21.6. The molecule has 0 radical (unpaired) electrons. The van der Waals surface area contributed by atoms with E-state index in [0.29, 0.717) is 5.69 Å². The summed E-state index contributed by atoms with van der Waals surface area (Å²) in [6.45, 7) is 7.92. The molecule has 0 atom stereocenters. The summed E-state index contributed by atoms with van der Waals surface area (Å²) in [6, 6.07) is 72.7. The Morgan fingerprint density at radius 1 is 0.340 bits per heavy atom. The minimum absolute atomic E-state index is 0.668. The summed E-state index contributed by atoms with van der Waals surface area (Å²) in [5.74, 6) is 0. The first-order chi connectivity index (χ1) is 26.3. The molecule has 0 bridgehead atoms. The van der Waals surface area contributed by atoms with E-state index in [1.54, 1.807) is 0 Å². The van der Waals surface area contributed by atoms with Gasteiger partial charge in [-0.2, -0.15) is 0 Å². The number of benzene rings is 8. The van der Waals surface area contributed by atoms with Gasteiger partial charge in [0, 0.05) is 0 Å². The van der Waals surface area contributed by atoms with Crippen LogP contribution >= 0.6 is 0 Å². The average molecular weight is 736 g/mol. The molecule has 0 saturated carbocycles. The molecule has 0 spiro atoms. The van der Waals surface area contributed by atoms with Crippen LogP contribution in [0.5, 0.6) is 0 Å². The Bertz CT molecular complexity index is 2930. The quantitative estimate of drug-likeness (QED) is 0.119. The van der Waals surface area contributed by atoms with Gasteiger partial charge in [-0.1, -0.05) is 12.1 Å². The number of hydrogen-bond acceptors (Lipinski definition) is 0. The van der Waals surface area contributed by atoms with Crippen molar-refractivity contribution in [2.75, 3.05) is 0 Å². The maximum atomic E-state index is 7.92. The Morgan fingerprint density at radius 3 is 1.34 bits per heavy atom. The molecule has 4 heteroatoms. The molecule has 0 amide bonds. The van der Waals surface area contributed by atoms with Gasteiger partial charge < -0.3 is 0 Å². The minimum atomic E-state index is -3.66. The van der Waals surface area contributed by atoms with Crippen LogP contribution in [-0.4, -0.2) is 22.4 Å². The van der Waals surface area contributed by atoms with Crippen molar-refractivity contribution in [3.05, 3.63) is 212 Å². The first-order valence-electron chi connectivity index (χ1n) is 18.0. The zero-order valence-corrected chi connectivity index (χ0v) is 31.0. The van der Waals surface area contributed by atoms with Crippen LogP contribution in [0.1, 0.15) is 0 Å². The molecular weight excluding hydrogens is 703 g/mol. The number of fused-ring (bicyclic) bond motifs is 6. The summed E-state index contributed by atoms with van der Waals surface area (Å²) in [5, 5.41) is 4.96. The molecule has 10 aromatic rings. The van der Waals surface area contributed by atoms with Crippen molar-refractivity contribution < 1.29 is 0 Å². The van der Waals surface area contributed by atoms with Crippen molar-refractivity contribution in [1.29, 1.82) is 0 Å². The van der Waals surface area contributed by atoms with E-state index in [1.807, 2.05) is 6.07 Å². The van der Waals surface area contributed by atoms with Crippen LogP contribution < -0.4 is 17.6 Å². The molecule has 0 fully saturated rings. The molecule has 53 heavy (non-hydrogen) atoms. The van der Waals surface area contributed by atoms with Crippen molar-refractivity contribution in [1.82, 2.24) is 9.13 Å². The van der Waals surface area contributed by atoms with E-state index in [1.165, 1.54) is 61.2 Å². The van der Waals surface area contributed by atoms with E-state index >= 15 is 0 Å². The molecular formula is C49H33GeN3. The SMILES string of the molecule is [C-]#[N+]c1ccc[c]([Ge]([c]2ccccc2)([c]2ccccc2)[c]2cccc(-n3c4ccccc4c4cc(-n5c6ccccc6c6ccccc65)ccc43)c2)c1. The van der Waals surface area contributed by atoms with Crippen molar-refractivity contribution in [2.45, 2.75) is 0 Å². The Hall–Kier alpha value is -6.61. The molecule has 8 aromatic carbocycles. The summed E-state index contributed by atoms with van der Waals surface area (Å²) >= 11 is -3.66. The Kier molecular flexibility index (Phi) is 7.38. The van der Waals surface area contributed by atoms with Crippen molar-refractivity contribution in [2.24, 2.45) is 0 Å². The first kappa shape index (κ1) is 31.2. The molecule has 0 aliphatic rings. The molecule has 0 aliphatic heterocycles.